The van der Waals surface area contributed by atoms with Crippen LogP contribution in [0.2, 0.25) is 0 Å². The van der Waals surface area contributed by atoms with Crippen molar-refractivity contribution < 1.29 is 4.79 Å². The average molecular weight is 335 g/mol. The summed E-state index contributed by atoms with van der Waals surface area (Å²) in [6, 6.07) is 14.2. The molecule has 1 heterocycles. The molecule has 0 saturated carbocycles. The molecule has 0 unspecified atom stereocenters. The van der Waals surface area contributed by atoms with Gasteiger partial charge >= 0.3 is 0 Å². The van der Waals surface area contributed by atoms with E-state index in [0.717, 1.165) is 0 Å². The molecule has 3 rings (SSSR count). The van der Waals surface area contributed by atoms with Crippen LogP contribution in [0.4, 0.5) is 5.69 Å². The minimum absolute atomic E-state index is 0.219. The van der Waals surface area contributed by atoms with Crippen LogP contribution in [0.5, 0.6) is 0 Å². The molecule has 5 nitrogen and oxygen atoms in total. The van der Waals surface area contributed by atoms with E-state index < -0.39 is 6.04 Å². The van der Waals surface area contributed by atoms with E-state index in [0.29, 0.717) is 22.5 Å². The fraction of sp³-hybridized carbons (Fsp3) is 0.250. The molecule has 0 saturated heterocycles. The van der Waals surface area contributed by atoms with Gasteiger partial charge in [0.2, 0.25) is 5.91 Å². The van der Waals surface area contributed by atoms with Crippen LogP contribution in [0, 0.1) is 0 Å². The number of carbonyl (C=O) groups is 1. The van der Waals surface area contributed by atoms with Crippen molar-refractivity contribution in [2.24, 2.45) is 0 Å². The van der Waals surface area contributed by atoms with Crippen LogP contribution >= 0.6 is 0 Å². The Hall–Kier alpha value is -2.95. The number of hydrogen-bond donors (Lipinski definition) is 1. The average Bonchev–Trinajstić information content (AvgIpc) is 2.62. The van der Waals surface area contributed by atoms with Crippen LogP contribution in [0.1, 0.15) is 38.3 Å². The van der Waals surface area contributed by atoms with Gasteiger partial charge in [0.1, 0.15) is 6.04 Å². The third-order valence-electron chi connectivity index (χ3n) is 4.33. The highest BCUT2D eigenvalue weighted by Crippen LogP contribution is 2.18. The third kappa shape index (κ3) is 3.45. The molecular formula is C20H21N3O2. The maximum Gasteiger partial charge on any atom is 0.261 e. The minimum Gasteiger partial charge on any atom is -0.324 e. The summed E-state index contributed by atoms with van der Waals surface area (Å²) in [6.07, 6.45) is 1.43. The second kappa shape index (κ2) is 6.89. The highest BCUT2D eigenvalue weighted by Gasteiger charge is 2.17. The van der Waals surface area contributed by atoms with E-state index in [2.05, 4.69) is 24.1 Å². The second-order valence-corrected chi connectivity index (χ2v) is 6.42. The molecule has 1 N–H and O–H groups in total. The molecule has 1 amide bonds. The first kappa shape index (κ1) is 16.9. The van der Waals surface area contributed by atoms with Gasteiger partial charge in [-0.25, -0.2) is 4.98 Å². The van der Waals surface area contributed by atoms with E-state index in [4.69, 9.17) is 0 Å². The van der Waals surface area contributed by atoms with Crippen LogP contribution in [0.15, 0.2) is 59.7 Å². The summed E-state index contributed by atoms with van der Waals surface area (Å²) in [4.78, 5) is 29.4. The first-order chi connectivity index (χ1) is 12.0. The van der Waals surface area contributed by atoms with Crippen molar-refractivity contribution in [3.63, 3.8) is 0 Å². The standard InChI is InChI=1S/C20H21N3O2/c1-13(2)15-8-10-16(11-9-15)22-19(24)14(3)23-12-21-18-7-5-4-6-17(18)20(23)25/h4-14H,1-3H3,(H,22,24)/t14-/m0/s1. The number of anilines is 1. The molecule has 1 atom stereocenters. The van der Waals surface area contributed by atoms with Crippen molar-refractivity contribution in [1.29, 1.82) is 0 Å². The zero-order valence-electron chi connectivity index (χ0n) is 14.6. The summed E-state index contributed by atoms with van der Waals surface area (Å²) in [6.45, 7) is 5.93. The van der Waals surface area contributed by atoms with Gasteiger partial charge in [-0.3, -0.25) is 14.2 Å². The SMILES string of the molecule is CC(C)c1ccc(NC(=O)[C@H](C)n2cnc3ccccc3c2=O)cc1. The lowest BCUT2D eigenvalue weighted by Gasteiger charge is -2.15. The number of rotatable bonds is 4. The topological polar surface area (TPSA) is 64.0 Å². The van der Waals surface area contributed by atoms with E-state index >= 15 is 0 Å². The van der Waals surface area contributed by atoms with Crippen molar-refractivity contribution in [1.82, 2.24) is 9.55 Å². The Labute approximate surface area is 146 Å². The van der Waals surface area contributed by atoms with Gasteiger partial charge in [-0.2, -0.15) is 0 Å². The zero-order valence-corrected chi connectivity index (χ0v) is 14.6. The minimum atomic E-state index is -0.658. The first-order valence-corrected chi connectivity index (χ1v) is 8.34. The van der Waals surface area contributed by atoms with E-state index in [1.807, 2.05) is 30.3 Å². The van der Waals surface area contributed by atoms with Gasteiger partial charge in [-0.15, -0.1) is 0 Å². The molecule has 0 radical (unpaired) electrons. The number of para-hydroxylation sites is 1. The Balaban J connectivity index is 1.83. The Morgan fingerprint density at radius 1 is 1.04 bits per heavy atom. The maximum absolute atomic E-state index is 12.6. The van der Waals surface area contributed by atoms with Crippen LogP contribution in [-0.4, -0.2) is 15.5 Å². The summed E-state index contributed by atoms with van der Waals surface area (Å²) >= 11 is 0. The Bertz CT molecular complexity index is 959. The van der Waals surface area contributed by atoms with Gasteiger partial charge in [0.25, 0.3) is 5.56 Å². The van der Waals surface area contributed by atoms with Crippen molar-refractivity contribution in [2.45, 2.75) is 32.7 Å². The van der Waals surface area contributed by atoms with Crippen molar-refractivity contribution in [3.05, 3.63) is 70.8 Å². The highest BCUT2D eigenvalue weighted by atomic mass is 16.2. The number of nitrogens with one attached hydrogen (secondary N) is 1. The van der Waals surface area contributed by atoms with E-state index in [-0.39, 0.29) is 11.5 Å². The predicted molar refractivity (Wildman–Crippen MR) is 99.9 cm³/mol. The van der Waals surface area contributed by atoms with Gasteiger partial charge in [0.05, 0.1) is 17.2 Å². The molecule has 128 valence electrons. The fourth-order valence-corrected chi connectivity index (χ4v) is 2.68. The van der Waals surface area contributed by atoms with Gasteiger partial charge < -0.3 is 5.32 Å². The number of carbonyl (C=O) groups excluding carboxylic acids is 1. The Morgan fingerprint density at radius 3 is 2.40 bits per heavy atom. The van der Waals surface area contributed by atoms with Crippen LogP contribution in [0.3, 0.4) is 0 Å². The lowest BCUT2D eigenvalue weighted by molar-refractivity contribution is -0.118. The Kier molecular flexibility index (Phi) is 4.65. The molecule has 3 aromatic rings. The third-order valence-corrected chi connectivity index (χ3v) is 4.33. The van der Waals surface area contributed by atoms with Crippen molar-refractivity contribution in [3.8, 4) is 0 Å². The molecule has 0 fully saturated rings. The number of hydrogen-bond acceptors (Lipinski definition) is 3. The number of fused-ring (bicyclic) bond motifs is 1. The molecule has 5 heteroatoms. The van der Waals surface area contributed by atoms with Crippen molar-refractivity contribution >= 4 is 22.5 Å². The van der Waals surface area contributed by atoms with Gasteiger partial charge in [-0.1, -0.05) is 38.1 Å². The number of amides is 1. The molecular weight excluding hydrogens is 314 g/mol. The molecule has 25 heavy (non-hydrogen) atoms. The normalized spacial score (nSPS) is 12.3. The van der Waals surface area contributed by atoms with Crippen molar-refractivity contribution in [2.75, 3.05) is 5.32 Å². The zero-order chi connectivity index (χ0) is 18.0. The lowest BCUT2D eigenvalue weighted by Crippen LogP contribution is -2.31. The molecule has 0 bridgehead atoms. The number of benzene rings is 2. The molecule has 1 aromatic heterocycles. The second-order valence-electron chi connectivity index (χ2n) is 6.42. The highest BCUT2D eigenvalue weighted by molar-refractivity contribution is 5.93. The van der Waals surface area contributed by atoms with Crippen LogP contribution in [0.25, 0.3) is 10.9 Å². The summed E-state index contributed by atoms with van der Waals surface area (Å²) in [5.74, 6) is 0.183. The fourth-order valence-electron chi connectivity index (χ4n) is 2.68. The monoisotopic (exact) mass is 335 g/mol. The van der Waals surface area contributed by atoms with E-state index in [1.165, 1.54) is 16.5 Å². The lowest BCUT2D eigenvalue weighted by atomic mass is 10.0. The maximum atomic E-state index is 12.6. The van der Waals surface area contributed by atoms with Gasteiger partial charge in [0, 0.05) is 5.69 Å². The van der Waals surface area contributed by atoms with E-state index in [1.54, 1.807) is 25.1 Å². The largest absolute Gasteiger partial charge is 0.324 e. The van der Waals surface area contributed by atoms with Crippen LogP contribution in [-0.2, 0) is 4.79 Å². The molecule has 2 aromatic carbocycles. The smallest absolute Gasteiger partial charge is 0.261 e. The molecule has 0 aliphatic heterocycles. The summed E-state index contributed by atoms with van der Waals surface area (Å²) in [7, 11) is 0. The van der Waals surface area contributed by atoms with Gasteiger partial charge in [-0.05, 0) is 42.7 Å². The number of nitrogens with zero attached hydrogens (tertiary/aromatic N) is 2. The summed E-state index contributed by atoms with van der Waals surface area (Å²) in [5.41, 5.74) is 2.33. The summed E-state index contributed by atoms with van der Waals surface area (Å²) in [5, 5.41) is 3.36. The first-order valence-electron chi connectivity index (χ1n) is 8.34. The molecule has 0 spiro atoms. The predicted octanol–water partition coefficient (Wildman–Crippen LogP) is 3.72. The van der Waals surface area contributed by atoms with Crippen LogP contribution < -0.4 is 10.9 Å². The summed E-state index contributed by atoms with van der Waals surface area (Å²) < 4.78 is 1.36. The number of aromatic nitrogens is 2. The van der Waals surface area contributed by atoms with E-state index in [9.17, 15) is 9.59 Å². The quantitative estimate of drug-likeness (QED) is 0.790. The molecule has 0 aliphatic carbocycles. The van der Waals surface area contributed by atoms with Gasteiger partial charge in [0.15, 0.2) is 0 Å². The molecule has 0 aliphatic rings. The Morgan fingerprint density at radius 2 is 1.72 bits per heavy atom.